The molecular weight excluding hydrogens is 544 g/mol. The fourth-order valence-electron chi connectivity index (χ4n) is 4.74. The Kier molecular flexibility index (Phi) is 8.60. The summed E-state index contributed by atoms with van der Waals surface area (Å²) >= 11 is 0. The summed E-state index contributed by atoms with van der Waals surface area (Å²) in [5.74, 6) is -1.34. The minimum absolute atomic E-state index is 0.0801. The van der Waals surface area contributed by atoms with Crippen molar-refractivity contribution in [1.29, 1.82) is 0 Å². The number of H-pyrrole nitrogens is 1. The number of halogens is 1. The summed E-state index contributed by atoms with van der Waals surface area (Å²) in [6.07, 6.45) is 1.10. The molecule has 1 aromatic heterocycles. The summed E-state index contributed by atoms with van der Waals surface area (Å²) in [5.41, 5.74) is -1.08. The molecule has 0 radical (unpaired) electrons. The number of carbonyl (C=O) groups is 1. The van der Waals surface area contributed by atoms with Gasteiger partial charge in [-0.1, -0.05) is 48.5 Å². The van der Waals surface area contributed by atoms with E-state index in [0.29, 0.717) is 31.4 Å². The van der Waals surface area contributed by atoms with Crippen molar-refractivity contribution in [3.8, 4) is 5.75 Å². The van der Waals surface area contributed by atoms with E-state index in [1.165, 1.54) is 4.67 Å². The maximum Gasteiger partial charge on any atom is 0.462 e. The van der Waals surface area contributed by atoms with Gasteiger partial charge >= 0.3 is 19.4 Å². The summed E-state index contributed by atoms with van der Waals surface area (Å²) in [7, 11) is -4.09. The molecule has 0 aliphatic carbocycles. The molecule has 1 N–H and O–H groups in total. The summed E-state index contributed by atoms with van der Waals surface area (Å²) in [5, 5.41) is 0. The Labute approximate surface area is 229 Å². The van der Waals surface area contributed by atoms with E-state index in [9.17, 15) is 23.3 Å². The normalized spacial score (nSPS) is 22.6. The third kappa shape index (κ3) is 6.42. The van der Waals surface area contributed by atoms with Gasteiger partial charge < -0.3 is 14.0 Å². The lowest BCUT2D eigenvalue weighted by Crippen LogP contribution is -2.37. The number of nitrogens with one attached hydrogen (secondary N) is 1. The Morgan fingerprint density at radius 3 is 2.52 bits per heavy atom. The maximum absolute atomic E-state index is 14.3. The molecule has 212 valence electrons. The van der Waals surface area contributed by atoms with Crippen molar-refractivity contribution in [1.82, 2.24) is 14.2 Å². The molecular formula is C27H29FN3O8P. The highest BCUT2D eigenvalue weighted by atomic mass is 31.2. The highest BCUT2D eigenvalue weighted by Crippen LogP contribution is 2.55. The van der Waals surface area contributed by atoms with E-state index in [1.807, 2.05) is 35.3 Å². The second-order valence-corrected chi connectivity index (χ2v) is 11.4. The van der Waals surface area contributed by atoms with Crippen LogP contribution < -0.4 is 15.8 Å². The van der Waals surface area contributed by atoms with Gasteiger partial charge in [0.25, 0.3) is 5.56 Å². The van der Waals surface area contributed by atoms with E-state index in [4.69, 9.17) is 18.5 Å². The SMILES string of the molecule is O=C(OCc1ccccc1)C1CCCN1P(=O)(OCC1CCC(n2cc(F)c(=O)[nH]c2=O)O1)Oc1ccccc1. The van der Waals surface area contributed by atoms with Crippen molar-refractivity contribution in [2.24, 2.45) is 0 Å². The average molecular weight is 574 g/mol. The van der Waals surface area contributed by atoms with Crippen LogP contribution in [0.15, 0.2) is 76.4 Å². The van der Waals surface area contributed by atoms with Crippen molar-refractivity contribution in [3.63, 3.8) is 0 Å². The number of esters is 1. The topological polar surface area (TPSA) is 129 Å². The number of hydrogen-bond donors (Lipinski definition) is 1. The fraction of sp³-hybridized carbons (Fsp3) is 0.370. The molecule has 2 saturated heterocycles. The summed E-state index contributed by atoms with van der Waals surface area (Å²) in [4.78, 5) is 38.5. The molecule has 5 rings (SSSR count). The molecule has 2 aliphatic heterocycles. The van der Waals surface area contributed by atoms with Crippen LogP contribution >= 0.6 is 7.75 Å². The van der Waals surface area contributed by atoms with E-state index >= 15 is 0 Å². The van der Waals surface area contributed by atoms with E-state index in [0.717, 1.165) is 16.3 Å². The van der Waals surface area contributed by atoms with Crippen LogP contribution in [-0.2, 0) is 30.0 Å². The summed E-state index contributed by atoms with van der Waals surface area (Å²) < 4.78 is 53.6. The van der Waals surface area contributed by atoms with Gasteiger partial charge in [0.15, 0.2) is 0 Å². The Hall–Kier alpha value is -3.57. The second kappa shape index (κ2) is 12.3. The minimum atomic E-state index is -4.09. The zero-order valence-electron chi connectivity index (χ0n) is 21.5. The molecule has 2 aromatic carbocycles. The Morgan fingerprint density at radius 1 is 1.05 bits per heavy atom. The molecule has 13 heteroatoms. The molecule has 0 spiro atoms. The second-order valence-electron chi connectivity index (χ2n) is 9.52. The first kappa shape index (κ1) is 28.0. The average Bonchev–Trinajstić information content (AvgIpc) is 3.65. The third-order valence-electron chi connectivity index (χ3n) is 6.74. The summed E-state index contributed by atoms with van der Waals surface area (Å²) in [6.45, 7) is 0.190. The number of aromatic nitrogens is 2. The monoisotopic (exact) mass is 573 g/mol. The zero-order valence-corrected chi connectivity index (χ0v) is 22.4. The first-order valence-corrected chi connectivity index (χ1v) is 14.5. The van der Waals surface area contributed by atoms with Gasteiger partial charge in [-0.2, -0.15) is 9.06 Å². The largest absolute Gasteiger partial charge is 0.462 e. The van der Waals surface area contributed by atoms with Crippen LogP contribution in [0.3, 0.4) is 0 Å². The fourth-order valence-corrected chi connectivity index (χ4v) is 6.73. The van der Waals surface area contributed by atoms with Crippen LogP contribution in [0.1, 0.15) is 37.5 Å². The predicted octanol–water partition coefficient (Wildman–Crippen LogP) is 3.76. The molecule has 0 bridgehead atoms. The van der Waals surface area contributed by atoms with Gasteiger partial charge in [0.2, 0.25) is 5.82 Å². The van der Waals surface area contributed by atoms with Crippen LogP contribution in [-0.4, -0.2) is 45.5 Å². The Bertz CT molecular complexity index is 1480. The first-order valence-electron chi connectivity index (χ1n) is 13.0. The number of aromatic amines is 1. The number of nitrogens with zero attached hydrogens (tertiary/aromatic N) is 2. The quantitative estimate of drug-likeness (QED) is 0.285. The number of carbonyl (C=O) groups excluding carboxylic acids is 1. The number of hydrogen-bond acceptors (Lipinski definition) is 8. The highest BCUT2D eigenvalue weighted by molar-refractivity contribution is 7.51. The number of rotatable bonds is 10. The Morgan fingerprint density at radius 2 is 1.77 bits per heavy atom. The molecule has 3 aromatic rings. The molecule has 40 heavy (non-hydrogen) atoms. The van der Waals surface area contributed by atoms with Crippen LogP contribution in [0.4, 0.5) is 4.39 Å². The van der Waals surface area contributed by atoms with Crippen LogP contribution in [0.5, 0.6) is 5.75 Å². The molecule has 3 heterocycles. The summed E-state index contributed by atoms with van der Waals surface area (Å²) in [6, 6.07) is 16.9. The lowest BCUT2D eigenvalue weighted by molar-refractivity contribution is -0.149. The molecule has 0 amide bonds. The van der Waals surface area contributed by atoms with Gasteiger partial charge in [0.05, 0.1) is 18.9 Å². The van der Waals surface area contributed by atoms with Crippen LogP contribution in [0.2, 0.25) is 0 Å². The predicted molar refractivity (Wildman–Crippen MR) is 141 cm³/mol. The molecule has 0 saturated carbocycles. The number of para-hydroxylation sites is 1. The van der Waals surface area contributed by atoms with E-state index in [1.54, 1.807) is 30.3 Å². The molecule has 2 aliphatic rings. The number of benzene rings is 2. The molecule has 4 unspecified atom stereocenters. The van der Waals surface area contributed by atoms with E-state index in [-0.39, 0.29) is 19.8 Å². The first-order chi connectivity index (χ1) is 19.3. The molecule has 2 fully saturated rings. The Balaban J connectivity index is 1.29. The van der Waals surface area contributed by atoms with E-state index < -0.39 is 49.2 Å². The smallest absolute Gasteiger partial charge is 0.460 e. The van der Waals surface area contributed by atoms with E-state index in [2.05, 4.69) is 0 Å². The van der Waals surface area contributed by atoms with Crippen molar-refractivity contribution in [2.45, 2.75) is 50.7 Å². The van der Waals surface area contributed by atoms with Gasteiger partial charge in [0.1, 0.15) is 24.6 Å². The third-order valence-corrected chi connectivity index (χ3v) is 8.77. The maximum atomic E-state index is 14.3. The van der Waals surface area contributed by atoms with Gasteiger partial charge in [-0.25, -0.2) is 9.36 Å². The highest BCUT2D eigenvalue weighted by Gasteiger charge is 2.47. The van der Waals surface area contributed by atoms with Crippen molar-refractivity contribution < 1.29 is 32.3 Å². The molecule has 11 nitrogen and oxygen atoms in total. The zero-order chi connectivity index (χ0) is 28.1. The van der Waals surface area contributed by atoms with Crippen molar-refractivity contribution >= 4 is 13.7 Å². The van der Waals surface area contributed by atoms with Crippen LogP contribution in [0.25, 0.3) is 0 Å². The number of ether oxygens (including phenoxy) is 2. The van der Waals surface area contributed by atoms with Gasteiger partial charge in [0, 0.05) is 6.54 Å². The van der Waals surface area contributed by atoms with Gasteiger partial charge in [-0.15, -0.1) is 0 Å². The standard InChI is InChI=1S/C27H29FN3O8P/c28-22-16-30(27(34)29-25(22)32)24-14-13-21(38-24)18-37-40(35,39-20-10-5-2-6-11-20)31-15-7-12-23(31)26(33)36-17-19-8-3-1-4-9-19/h1-6,8-11,16,21,23-24H,7,12-15,17-18H2,(H,29,32,34). The van der Waals surface area contributed by atoms with Gasteiger partial charge in [-0.05, 0) is 43.4 Å². The lowest BCUT2D eigenvalue weighted by atomic mass is 10.2. The van der Waals surface area contributed by atoms with Crippen molar-refractivity contribution in [2.75, 3.05) is 13.2 Å². The minimum Gasteiger partial charge on any atom is -0.460 e. The van der Waals surface area contributed by atoms with Gasteiger partial charge in [-0.3, -0.25) is 23.7 Å². The lowest BCUT2D eigenvalue weighted by Gasteiger charge is -2.31. The van der Waals surface area contributed by atoms with Crippen molar-refractivity contribution in [3.05, 3.63) is 99.1 Å². The van der Waals surface area contributed by atoms with Crippen LogP contribution in [0, 0.1) is 5.82 Å². The molecule has 4 atom stereocenters.